The second kappa shape index (κ2) is 9.21. The molecule has 6 heteroatoms. The lowest BCUT2D eigenvalue weighted by Gasteiger charge is -2.23. The number of fused-ring (bicyclic) bond motifs is 1. The number of nitrogens with zero attached hydrogens (tertiary/aromatic N) is 2. The second-order valence-corrected chi connectivity index (χ2v) is 10.5. The molecule has 3 rings (SSSR count). The lowest BCUT2D eigenvalue weighted by atomic mass is 9.84. The number of thiazole rings is 1. The topological polar surface area (TPSA) is 72.1 Å². The number of nitrogens with one attached hydrogen (secondary N) is 1. The van der Waals surface area contributed by atoms with E-state index in [0.717, 1.165) is 27.5 Å². The Kier molecular flexibility index (Phi) is 6.91. The Morgan fingerprint density at radius 1 is 1.29 bits per heavy atom. The summed E-state index contributed by atoms with van der Waals surface area (Å²) >= 11 is 1.67. The van der Waals surface area contributed by atoms with Gasteiger partial charge in [0.25, 0.3) is 0 Å². The van der Waals surface area contributed by atoms with Crippen LogP contribution in [-0.4, -0.2) is 17.6 Å². The second-order valence-electron chi connectivity index (χ2n) is 9.42. The van der Waals surface area contributed by atoms with Gasteiger partial charge in [0.05, 0.1) is 16.8 Å². The van der Waals surface area contributed by atoms with Gasteiger partial charge in [0, 0.05) is 12.1 Å². The highest BCUT2D eigenvalue weighted by Crippen LogP contribution is 2.37. The third-order valence-electron chi connectivity index (χ3n) is 5.37. The number of nitrogens with two attached hydrogens (primary N) is 1. The van der Waals surface area contributed by atoms with Gasteiger partial charge in [-0.1, -0.05) is 58.3 Å². The molecule has 2 aromatic rings. The van der Waals surface area contributed by atoms with Crippen LogP contribution >= 0.6 is 11.3 Å². The first-order valence-corrected chi connectivity index (χ1v) is 11.4. The summed E-state index contributed by atoms with van der Waals surface area (Å²) in [6.07, 6.45) is 8.65. The molecule has 0 radical (unpaired) electrons. The third-order valence-corrected chi connectivity index (χ3v) is 6.32. The molecule has 5 nitrogen and oxygen atoms in total. The molecule has 1 aromatic heterocycles. The Hall–Kier alpha value is -1.69. The molecule has 0 spiro atoms. The minimum absolute atomic E-state index is 0.346. The van der Waals surface area contributed by atoms with Crippen LogP contribution in [0.25, 0.3) is 10.2 Å². The molecule has 0 amide bonds. The fourth-order valence-corrected chi connectivity index (χ4v) is 5.12. The van der Waals surface area contributed by atoms with Gasteiger partial charge in [-0.25, -0.2) is 4.98 Å². The first-order valence-electron chi connectivity index (χ1n) is 10.6. The van der Waals surface area contributed by atoms with Crippen LogP contribution in [0.1, 0.15) is 72.6 Å². The summed E-state index contributed by atoms with van der Waals surface area (Å²) in [5.74, 6) is 1.35. The Bertz CT molecular complexity index is 790. The summed E-state index contributed by atoms with van der Waals surface area (Å²) in [4.78, 5) is 4.78. The Morgan fingerprint density at radius 3 is 2.71 bits per heavy atom. The van der Waals surface area contributed by atoms with Gasteiger partial charge in [-0.3, -0.25) is 0 Å². The van der Waals surface area contributed by atoms with Crippen LogP contribution in [0.15, 0.2) is 17.2 Å². The molecular weight excluding hydrogens is 368 g/mol. The number of aromatic nitrogens is 1. The molecule has 3 N–H and O–H groups in total. The van der Waals surface area contributed by atoms with Crippen molar-refractivity contribution in [2.45, 2.75) is 78.7 Å². The molecule has 1 unspecified atom stereocenters. The summed E-state index contributed by atoms with van der Waals surface area (Å²) < 4.78 is 7.14. The van der Waals surface area contributed by atoms with E-state index in [0.29, 0.717) is 29.7 Å². The molecule has 1 aliphatic rings. The summed E-state index contributed by atoms with van der Waals surface area (Å²) in [7, 11) is 0. The molecule has 0 bridgehead atoms. The predicted octanol–water partition coefficient (Wildman–Crippen LogP) is 5.72. The van der Waals surface area contributed by atoms with Crippen molar-refractivity contribution in [2.24, 2.45) is 16.4 Å². The van der Waals surface area contributed by atoms with E-state index in [1.54, 1.807) is 11.3 Å². The molecule has 1 atom stereocenters. The summed E-state index contributed by atoms with van der Waals surface area (Å²) in [6, 6.07) is 4.53. The van der Waals surface area contributed by atoms with Crippen molar-refractivity contribution in [2.75, 3.05) is 11.9 Å². The number of anilines is 1. The molecule has 1 fully saturated rings. The molecule has 1 aliphatic carbocycles. The van der Waals surface area contributed by atoms with Gasteiger partial charge in [0.15, 0.2) is 16.6 Å². The van der Waals surface area contributed by atoms with Crippen molar-refractivity contribution >= 4 is 32.4 Å². The van der Waals surface area contributed by atoms with Crippen LogP contribution in [0.5, 0.6) is 5.75 Å². The SMILES string of the molecule is CC(CCOc1cc2nc(NC3CCCCC3)sc2cc1N=[NH2+])CC(C)(C)C. The van der Waals surface area contributed by atoms with Crippen molar-refractivity contribution in [1.29, 1.82) is 0 Å². The summed E-state index contributed by atoms with van der Waals surface area (Å²) in [6.45, 7) is 9.80. The van der Waals surface area contributed by atoms with E-state index >= 15 is 0 Å². The monoisotopic (exact) mass is 403 g/mol. The molecule has 0 saturated heterocycles. The average Bonchev–Trinajstić information content (AvgIpc) is 3.01. The van der Waals surface area contributed by atoms with Gasteiger partial charge in [-0.15, -0.1) is 0 Å². The average molecular weight is 404 g/mol. The van der Waals surface area contributed by atoms with Gasteiger partial charge in [0.2, 0.25) is 0 Å². The van der Waals surface area contributed by atoms with E-state index in [-0.39, 0.29) is 0 Å². The zero-order chi connectivity index (χ0) is 20.1. The van der Waals surface area contributed by atoms with E-state index in [1.807, 2.05) is 12.1 Å². The van der Waals surface area contributed by atoms with Gasteiger partial charge in [0.1, 0.15) is 0 Å². The van der Waals surface area contributed by atoms with Crippen LogP contribution in [0.3, 0.4) is 0 Å². The molecule has 1 aromatic carbocycles. The van der Waals surface area contributed by atoms with Gasteiger partial charge >= 0.3 is 0 Å². The minimum Gasteiger partial charge on any atom is -0.491 e. The zero-order valence-corrected chi connectivity index (χ0v) is 18.6. The minimum atomic E-state index is 0.346. The Morgan fingerprint density at radius 2 is 2.04 bits per heavy atom. The maximum Gasteiger partial charge on any atom is 0.184 e. The number of hydrogen-bond acceptors (Lipinski definition) is 5. The number of ether oxygens (including phenoxy) is 1. The molecule has 0 aliphatic heterocycles. The molecular formula is C22H35N4OS+. The van der Waals surface area contributed by atoms with Crippen LogP contribution in [-0.2, 0) is 0 Å². The molecule has 1 heterocycles. The Balaban J connectivity index is 1.65. The fraction of sp³-hybridized carbons (Fsp3) is 0.682. The van der Waals surface area contributed by atoms with Gasteiger partial charge in [-0.2, -0.15) is 5.53 Å². The number of hydrogen-bond donors (Lipinski definition) is 2. The first kappa shape index (κ1) is 21.0. The number of rotatable bonds is 8. The van der Waals surface area contributed by atoms with Crippen LogP contribution < -0.4 is 15.6 Å². The smallest absolute Gasteiger partial charge is 0.184 e. The van der Waals surface area contributed by atoms with Crippen molar-refractivity contribution in [3.8, 4) is 5.75 Å². The number of benzene rings is 1. The van der Waals surface area contributed by atoms with Crippen molar-refractivity contribution in [1.82, 2.24) is 4.98 Å². The summed E-state index contributed by atoms with van der Waals surface area (Å²) in [5, 5.41) is 8.53. The van der Waals surface area contributed by atoms with Gasteiger partial charge in [-0.05, 0) is 48.2 Å². The zero-order valence-electron chi connectivity index (χ0n) is 17.8. The van der Waals surface area contributed by atoms with Crippen molar-refractivity contribution in [3.05, 3.63) is 12.1 Å². The van der Waals surface area contributed by atoms with Crippen molar-refractivity contribution in [3.63, 3.8) is 0 Å². The van der Waals surface area contributed by atoms with E-state index in [4.69, 9.17) is 15.3 Å². The normalized spacial score (nSPS) is 16.9. The quantitative estimate of drug-likeness (QED) is 0.553. The van der Waals surface area contributed by atoms with E-state index in [1.165, 1.54) is 38.5 Å². The summed E-state index contributed by atoms with van der Waals surface area (Å²) in [5.41, 5.74) is 7.62. The van der Waals surface area contributed by atoms with Crippen LogP contribution in [0, 0.1) is 11.3 Å². The van der Waals surface area contributed by atoms with Crippen LogP contribution in [0.2, 0.25) is 0 Å². The standard InChI is InChI=1S/C22H34N4OS/c1-15(14-22(2,3)4)10-11-27-19-12-18-20(13-17(19)26-23)28-21(25-18)24-16-8-6-5-7-9-16/h12-13,15-16,23H,5-11,14H2,1-4H3,(H,24,25)/p+1. The highest BCUT2D eigenvalue weighted by Gasteiger charge is 2.18. The Labute approximate surface area is 172 Å². The lowest BCUT2D eigenvalue weighted by molar-refractivity contribution is -0.210. The van der Waals surface area contributed by atoms with Crippen molar-refractivity contribution < 1.29 is 10.3 Å². The maximum atomic E-state index is 6.05. The lowest BCUT2D eigenvalue weighted by Crippen LogP contribution is -2.22. The highest BCUT2D eigenvalue weighted by atomic mass is 32.1. The van der Waals surface area contributed by atoms with E-state index in [2.05, 4.69) is 38.1 Å². The molecule has 154 valence electrons. The first-order chi connectivity index (χ1) is 13.3. The van der Waals surface area contributed by atoms with E-state index in [9.17, 15) is 0 Å². The van der Waals surface area contributed by atoms with E-state index < -0.39 is 0 Å². The molecule has 28 heavy (non-hydrogen) atoms. The maximum absolute atomic E-state index is 6.05. The van der Waals surface area contributed by atoms with Gasteiger partial charge < -0.3 is 10.1 Å². The predicted molar refractivity (Wildman–Crippen MR) is 117 cm³/mol. The third kappa shape index (κ3) is 5.90. The van der Waals surface area contributed by atoms with Crippen LogP contribution in [0.4, 0.5) is 10.8 Å². The molecule has 1 saturated carbocycles. The largest absolute Gasteiger partial charge is 0.491 e. The fourth-order valence-electron chi connectivity index (χ4n) is 4.16. The highest BCUT2D eigenvalue weighted by molar-refractivity contribution is 7.22.